The zero-order valence-electron chi connectivity index (χ0n) is 15.2. The van der Waals surface area contributed by atoms with Gasteiger partial charge < -0.3 is 4.74 Å². The van der Waals surface area contributed by atoms with E-state index in [0.717, 1.165) is 11.3 Å². The third kappa shape index (κ3) is 3.55. The molecule has 5 heteroatoms. The molecule has 4 aromatic rings. The van der Waals surface area contributed by atoms with Gasteiger partial charge >= 0.3 is 0 Å². The Hall–Kier alpha value is -3.37. The standard InChI is InChI=1S/C23H17ClN2O2/c1-28-19-13-6-16(7-14-19)8-15-22-25-21-5-3-2-4-20(21)23(27)26(22)18-11-9-17(24)10-12-18/h2-15H,1H3/b15-8+. The number of rotatable bonds is 4. The predicted molar refractivity (Wildman–Crippen MR) is 114 cm³/mol. The van der Waals surface area contributed by atoms with Crippen LogP contribution in [0.15, 0.2) is 77.6 Å². The molecule has 0 amide bonds. The van der Waals surface area contributed by atoms with E-state index in [0.29, 0.717) is 27.4 Å². The molecule has 1 heterocycles. The molecule has 0 unspecified atom stereocenters. The van der Waals surface area contributed by atoms with Crippen molar-refractivity contribution in [2.24, 2.45) is 0 Å². The summed E-state index contributed by atoms with van der Waals surface area (Å²) in [6.45, 7) is 0. The average Bonchev–Trinajstić information content (AvgIpc) is 2.74. The van der Waals surface area contributed by atoms with E-state index < -0.39 is 0 Å². The Balaban J connectivity index is 1.87. The highest BCUT2D eigenvalue weighted by Crippen LogP contribution is 2.18. The number of benzene rings is 3. The lowest BCUT2D eigenvalue weighted by Crippen LogP contribution is -2.22. The molecule has 3 aromatic carbocycles. The minimum Gasteiger partial charge on any atom is -0.497 e. The van der Waals surface area contributed by atoms with Crippen LogP contribution in [0.5, 0.6) is 5.75 Å². The first-order valence-electron chi connectivity index (χ1n) is 8.75. The topological polar surface area (TPSA) is 44.1 Å². The molecule has 4 nitrogen and oxygen atoms in total. The van der Waals surface area contributed by atoms with Crippen LogP contribution in [0.2, 0.25) is 5.02 Å². The largest absolute Gasteiger partial charge is 0.497 e. The van der Waals surface area contributed by atoms with Gasteiger partial charge in [-0.3, -0.25) is 9.36 Å². The average molecular weight is 389 g/mol. The Morgan fingerprint density at radius 2 is 1.64 bits per heavy atom. The van der Waals surface area contributed by atoms with Gasteiger partial charge in [0.1, 0.15) is 11.6 Å². The van der Waals surface area contributed by atoms with Crippen LogP contribution < -0.4 is 10.3 Å². The number of ether oxygens (including phenoxy) is 1. The van der Waals surface area contributed by atoms with Crippen molar-refractivity contribution in [2.75, 3.05) is 7.11 Å². The molecule has 0 atom stereocenters. The van der Waals surface area contributed by atoms with Crippen LogP contribution in [-0.4, -0.2) is 16.7 Å². The van der Waals surface area contributed by atoms with Gasteiger partial charge in [-0.2, -0.15) is 0 Å². The van der Waals surface area contributed by atoms with Crippen molar-refractivity contribution in [3.63, 3.8) is 0 Å². The molecule has 0 aliphatic carbocycles. The molecular formula is C23H17ClN2O2. The summed E-state index contributed by atoms with van der Waals surface area (Å²) in [6.07, 6.45) is 3.76. The fraction of sp³-hybridized carbons (Fsp3) is 0.0435. The molecule has 0 fully saturated rings. The Kier molecular flexibility index (Phi) is 4.96. The quantitative estimate of drug-likeness (QED) is 0.481. The molecule has 0 radical (unpaired) electrons. The van der Waals surface area contributed by atoms with E-state index in [-0.39, 0.29) is 5.56 Å². The van der Waals surface area contributed by atoms with E-state index in [1.165, 1.54) is 0 Å². The molecule has 0 spiro atoms. The van der Waals surface area contributed by atoms with Crippen molar-refractivity contribution in [1.82, 2.24) is 9.55 Å². The lowest BCUT2D eigenvalue weighted by atomic mass is 10.2. The molecular weight excluding hydrogens is 372 g/mol. The van der Waals surface area contributed by atoms with Gasteiger partial charge in [-0.05, 0) is 60.2 Å². The summed E-state index contributed by atoms with van der Waals surface area (Å²) in [6, 6.07) is 22.1. The summed E-state index contributed by atoms with van der Waals surface area (Å²) < 4.78 is 6.79. The Morgan fingerprint density at radius 3 is 2.36 bits per heavy atom. The molecule has 0 saturated heterocycles. The molecule has 0 N–H and O–H groups in total. The van der Waals surface area contributed by atoms with Gasteiger partial charge in [-0.25, -0.2) is 4.98 Å². The number of hydrogen-bond donors (Lipinski definition) is 0. The Bertz CT molecular complexity index is 1210. The van der Waals surface area contributed by atoms with Gasteiger partial charge in [0.25, 0.3) is 5.56 Å². The highest BCUT2D eigenvalue weighted by molar-refractivity contribution is 6.30. The summed E-state index contributed by atoms with van der Waals surface area (Å²) in [5.74, 6) is 1.33. The summed E-state index contributed by atoms with van der Waals surface area (Å²) in [5, 5.41) is 1.18. The van der Waals surface area contributed by atoms with Crippen molar-refractivity contribution in [2.45, 2.75) is 0 Å². The molecule has 1 aromatic heterocycles. The third-order valence-electron chi connectivity index (χ3n) is 4.43. The molecule has 0 aliphatic heterocycles. The van der Waals surface area contributed by atoms with E-state index in [2.05, 4.69) is 0 Å². The molecule has 28 heavy (non-hydrogen) atoms. The smallest absolute Gasteiger partial charge is 0.266 e. The summed E-state index contributed by atoms with van der Waals surface area (Å²) >= 11 is 6.01. The lowest BCUT2D eigenvalue weighted by Gasteiger charge is -2.11. The minimum absolute atomic E-state index is 0.123. The van der Waals surface area contributed by atoms with Crippen LogP contribution in [0.4, 0.5) is 0 Å². The zero-order chi connectivity index (χ0) is 19.5. The molecule has 0 saturated carbocycles. The molecule has 138 valence electrons. The van der Waals surface area contributed by atoms with Crippen LogP contribution in [0.3, 0.4) is 0 Å². The van der Waals surface area contributed by atoms with Gasteiger partial charge in [0, 0.05) is 5.02 Å². The number of halogens is 1. The fourth-order valence-corrected chi connectivity index (χ4v) is 3.11. The van der Waals surface area contributed by atoms with Crippen LogP contribution in [0, 0.1) is 0 Å². The maximum atomic E-state index is 13.2. The second kappa shape index (κ2) is 7.71. The second-order valence-corrected chi connectivity index (χ2v) is 6.65. The number of fused-ring (bicyclic) bond motifs is 1. The number of aromatic nitrogens is 2. The molecule has 4 rings (SSSR count). The van der Waals surface area contributed by atoms with E-state index >= 15 is 0 Å². The monoisotopic (exact) mass is 388 g/mol. The van der Waals surface area contributed by atoms with Crippen molar-refractivity contribution < 1.29 is 4.74 Å². The summed E-state index contributed by atoms with van der Waals surface area (Å²) in [4.78, 5) is 17.9. The van der Waals surface area contributed by atoms with Crippen molar-refractivity contribution in [3.05, 3.63) is 99.6 Å². The summed E-state index contributed by atoms with van der Waals surface area (Å²) in [7, 11) is 1.63. The zero-order valence-corrected chi connectivity index (χ0v) is 15.9. The Labute approximate surface area is 167 Å². The van der Waals surface area contributed by atoms with E-state index in [1.807, 2.05) is 66.7 Å². The minimum atomic E-state index is -0.123. The van der Waals surface area contributed by atoms with E-state index in [9.17, 15) is 4.79 Å². The summed E-state index contributed by atoms with van der Waals surface area (Å²) in [5.41, 5.74) is 2.22. The lowest BCUT2D eigenvalue weighted by molar-refractivity contribution is 0.415. The van der Waals surface area contributed by atoms with E-state index in [1.54, 1.807) is 29.9 Å². The first-order valence-corrected chi connectivity index (χ1v) is 9.13. The molecule has 0 bridgehead atoms. The Morgan fingerprint density at radius 1 is 0.929 bits per heavy atom. The van der Waals surface area contributed by atoms with Crippen molar-refractivity contribution in [1.29, 1.82) is 0 Å². The van der Waals surface area contributed by atoms with Crippen LogP contribution in [0.25, 0.3) is 28.7 Å². The van der Waals surface area contributed by atoms with Gasteiger partial charge in [-0.15, -0.1) is 0 Å². The SMILES string of the molecule is COc1ccc(/C=C/c2nc3ccccc3c(=O)n2-c2ccc(Cl)cc2)cc1. The highest BCUT2D eigenvalue weighted by atomic mass is 35.5. The van der Waals surface area contributed by atoms with Gasteiger partial charge in [0.2, 0.25) is 0 Å². The van der Waals surface area contributed by atoms with Crippen LogP contribution in [0.1, 0.15) is 11.4 Å². The highest BCUT2D eigenvalue weighted by Gasteiger charge is 2.11. The van der Waals surface area contributed by atoms with Crippen LogP contribution in [-0.2, 0) is 0 Å². The van der Waals surface area contributed by atoms with E-state index in [4.69, 9.17) is 21.3 Å². The fourth-order valence-electron chi connectivity index (χ4n) is 2.99. The second-order valence-electron chi connectivity index (χ2n) is 6.21. The maximum Gasteiger partial charge on any atom is 0.266 e. The predicted octanol–water partition coefficient (Wildman–Crippen LogP) is 5.22. The van der Waals surface area contributed by atoms with Gasteiger partial charge in [0.05, 0.1) is 23.7 Å². The van der Waals surface area contributed by atoms with Crippen molar-refractivity contribution >= 4 is 34.7 Å². The first-order chi connectivity index (χ1) is 13.7. The maximum absolute atomic E-state index is 13.2. The number of nitrogens with zero attached hydrogens (tertiary/aromatic N) is 2. The number of methoxy groups -OCH3 is 1. The first kappa shape index (κ1) is 18.0. The number of hydrogen-bond acceptors (Lipinski definition) is 3. The van der Waals surface area contributed by atoms with Crippen molar-refractivity contribution in [3.8, 4) is 11.4 Å². The van der Waals surface area contributed by atoms with Gasteiger partial charge in [-0.1, -0.05) is 41.9 Å². The van der Waals surface area contributed by atoms with Crippen LogP contribution >= 0.6 is 11.6 Å². The van der Waals surface area contributed by atoms with Gasteiger partial charge in [0.15, 0.2) is 0 Å². The normalized spacial score (nSPS) is 11.2. The molecule has 0 aliphatic rings. The third-order valence-corrected chi connectivity index (χ3v) is 4.68. The number of para-hydroxylation sites is 1.